The maximum atomic E-state index is 10.4. The number of aryl methyl sites for hydroxylation is 1. The second-order valence-corrected chi connectivity index (χ2v) is 3.84. The molecule has 1 aliphatic rings. The molecule has 16 heavy (non-hydrogen) atoms. The topological polar surface area (TPSA) is 85.5 Å². The van der Waals surface area contributed by atoms with Crippen molar-refractivity contribution in [3.05, 3.63) is 11.8 Å². The number of carboxylic acids is 1. The van der Waals surface area contributed by atoms with Crippen LogP contribution in [0, 0.1) is 0 Å². The summed E-state index contributed by atoms with van der Waals surface area (Å²) >= 11 is 0. The highest BCUT2D eigenvalue weighted by atomic mass is 16.5. The first kappa shape index (κ1) is 11.1. The lowest BCUT2D eigenvalue weighted by Gasteiger charge is -2.18. The first-order chi connectivity index (χ1) is 7.75. The number of nitrogens with zero attached hydrogens (tertiary/aromatic N) is 2. The van der Waals surface area contributed by atoms with E-state index >= 15 is 0 Å². The van der Waals surface area contributed by atoms with E-state index in [0.29, 0.717) is 18.4 Å². The Morgan fingerprint density at radius 2 is 2.38 bits per heavy atom. The van der Waals surface area contributed by atoms with E-state index in [4.69, 9.17) is 14.3 Å². The molecule has 1 aromatic heterocycles. The number of carbonyl (C=O) groups is 1. The Morgan fingerprint density at radius 3 is 3.06 bits per heavy atom. The molecule has 0 aliphatic carbocycles. The molecule has 0 bridgehead atoms. The Labute approximate surface area is 92.6 Å². The van der Waals surface area contributed by atoms with E-state index in [2.05, 4.69) is 10.2 Å². The van der Waals surface area contributed by atoms with E-state index in [-0.39, 0.29) is 18.8 Å². The van der Waals surface area contributed by atoms with Crippen molar-refractivity contribution in [2.75, 3.05) is 13.2 Å². The molecule has 2 heterocycles. The zero-order valence-corrected chi connectivity index (χ0v) is 8.89. The van der Waals surface area contributed by atoms with Crippen LogP contribution >= 0.6 is 0 Å². The van der Waals surface area contributed by atoms with E-state index in [1.807, 2.05) is 0 Å². The van der Waals surface area contributed by atoms with E-state index in [1.165, 1.54) is 0 Å². The van der Waals surface area contributed by atoms with Gasteiger partial charge in [0.05, 0.1) is 18.9 Å². The molecule has 0 radical (unpaired) electrons. The molecular weight excluding hydrogens is 212 g/mol. The van der Waals surface area contributed by atoms with Gasteiger partial charge in [0, 0.05) is 13.0 Å². The number of aromatic nitrogens is 2. The van der Waals surface area contributed by atoms with Gasteiger partial charge in [0.1, 0.15) is 0 Å². The van der Waals surface area contributed by atoms with E-state index in [9.17, 15) is 4.79 Å². The number of rotatable bonds is 4. The highest BCUT2D eigenvalue weighted by Crippen LogP contribution is 2.24. The van der Waals surface area contributed by atoms with Crippen LogP contribution < -0.4 is 0 Å². The van der Waals surface area contributed by atoms with Gasteiger partial charge in [-0.3, -0.25) is 4.79 Å². The molecule has 1 aromatic rings. The molecule has 6 heteroatoms. The van der Waals surface area contributed by atoms with Gasteiger partial charge in [-0.15, -0.1) is 10.2 Å². The van der Waals surface area contributed by atoms with Crippen molar-refractivity contribution in [3.8, 4) is 0 Å². The van der Waals surface area contributed by atoms with Crippen molar-refractivity contribution in [2.24, 2.45) is 0 Å². The summed E-state index contributed by atoms with van der Waals surface area (Å²) in [6.45, 7) is 1.40. The Kier molecular flexibility index (Phi) is 3.51. The van der Waals surface area contributed by atoms with Crippen LogP contribution in [-0.4, -0.2) is 34.5 Å². The minimum atomic E-state index is -0.860. The molecule has 1 unspecified atom stereocenters. The van der Waals surface area contributed by atoms with Gasteiger partial charge in [0.15, 0.2) is 0 Å². The summed E-state index contributed by atoms with van der Waals surface area (Å²) in [5.74, 6) is 0.267. The summed E-state index contributed by atoms with van der Waals surface area (Å²) in [7, 11) is 0. The molecule has 0 amide bonds. The quantitative estimate of drug-likeness (QED) is 0.823. The van der Waals surface area contributed by atoms with Gasteiger partial charge in [-0.2, -0.15) is 0 Å². The number of carboxylic acid groups (broad SMARTS) is 1. The summed E-state index contributed by atoms with van der Waals surface area (Å²) in [5.41, 5.74) is 0. The SMILES string of the molecule is O=C(O)CCc1nnc(C2CCCOC2)o1. The van der Waals surface area contributed by atoms with Crippen LogP contribution in [0.5, 0.6) is 0 Å². The van der Waals surface area contributed by atoms with Crippen LogP contribution in [0.15, 0.2) is 4.42 Å². The normalized spacial score (nSPS) is 20.9. The summed E-state index contributed by atoms with van der Waals surface area (Å²) in [4.78, 5) is 10.4. The van der Waals surface area contributed by atoms with E-state index < -0.39 is 5.97 Å². The Hall–Kier alpha value is -1.43. The van der Waals surface area contributed by atoms with Crippen LogP contribution in [0.25, 0.3) is 0 Å². The van der Waals surface area contributed by atoms with Crippen LogP contribution in [0.1, 0.15) is 37.0 Å². The molecule has 2 rings (SSSR count). The smallest absolute Gasteiger partial charge is 0.303 e. The molecule has 0 aromatic carbocycles. The monoisotopic (exact) mass is 226 g/mol. The summed E-state index contributed by atoms with van der Waals surface area (Å²) in [6, 6.07) is 0. The lowest BCUT2D eigenvalue weighted by molar-refractivity contribution is -0.137. The zero-order chi connectivity index (χ0) is 11.4. The maximum Gasteiger partial charge on any atom is 0.303 e. The van der Waals surface area contributed by atoms with Crippen LogP contribution in [-0.2, 0) is 16.0 Å². The average molecular weight is 226 g/mol. The van der Waals surface area contributed by atoms with Crippen LogP contribution in [0.4, 0.5) is 0 Å². The van der Waals surface area contributed by atoms with Crippen molar-refractivity contribution < 1.29 is 19.1 Å². The average Bonchev–Trinajstić information content (AvgIpc) is 2.76. The third-order valence-corrected chi connectivity index (χ3v) is 2.54. The third kappa shape index (κ3) is 2.79. The molecule has 0 saturated carbocycles. The number of ether oxygens (including phenoxy) is 1. The van der Waals surface area contributed by atoms with Gasteiger partial charge < -0.3 is 14.3 Å². The van der Waals surface area contributed by atoms with Gasteiger partial charge in [0.2, 0.25) is 11.8 Å². The molecule has 6 nitrogen and oxygen atoms in total. The van der Waals surface area contributed by atoms with Gasteiger partial charge in [-0.1, -0.05) is 0 Å². The van der Waals surface area contributed by atoms with Crippen molar-refractivity contribution >= 4 is 5.97 Å². The molecule has 0 spiro atoms. The summed E-state index contributed by atoms with van der Waals surface area (Å²) in [5, 5.41) is 16.3. The fourth-order valence-corrected chi connectivity index (χ4v) is 1.68. The molecule has 1 aliphatic heterocycles. The second kappa shape index (κ2) is 5.07. The van der Waals surface area contributed by atoms with Crippen molar-refractivity contribution in [3.63, 3.8) is 0 Å². The number of hydrogen-bond acceptors (Lipinski definition) is 5. The Morgan fingerprint density at radius 1 is 1.50 bits per heavy atom. The lowest BCUT2D eigenvalue weighted by Crippen LogP contribution is -2.15. The van der Waals surface area contributed by atoms with Gasteiger partial charge in [0.25, 0.3) is 0 Å². The van der Waals surface area contributed by atoms with Crippen molar-refractivity contribution in [1.29, 1.82) is 0 Å². The first-order valence-electron chi connectivity index (χ1n) is 5.37. The lowest BCUT2D eigenvalue weighted by atomic mass is 10.0. The fraction of sp³-hybridized carbons (Fsp3) is 0.700. The van der Waals surface area contributed by atoms with Crippen LogP contribution in [0.2, 0.25) is 0 Å². The predicted molar refractivity (Wildman–Crippen MR) is 53.0 cm³/mol. The largest absolute Gasteiger partial charge is 0.481 e. The molecule has 1 N–H and O–H groups in total. The Bertz CT molecular complexity index is 357. The highest BCUT2D eigenvalue weighted by Gasteiger charge is 2.21. The summed E-state index contributed by atoms with van der Waals surface area (Å²) < 4.78 is 10.7. The van der Waals surface area contributed by atoms with Gasteiger partial charge >= 0.3 is 5.97 Å². The van der Waals surface area contributed by atoms with Gasteiger partial charge in [-0.05, 0) is 12.8 Å². The zero-order valence-electron chi connectivity index (χ0n) is 8.89. The standard InChI is InChI=1S/C10H14N2O4/c13-9(14)4-3-8-11-12-10(16-8)7-2-1-5-15-6-7/h7H,1-6H2,(H,13,14). The maximum absolute atomic E-state index is 10.4. The highest BCUT2D eigenvalue weighted by molar-refractivity contribution is 5.66. The predicted octanol–water partition coefficient (Wildman–Crippen LogP) is 0.981. The molecule has 1 saturated heterocycles. The summed E-state index contributed by atoms with van der Waals surface area (Å²) in [6.07, 6.45) is 2.29. The molecule has 1 fully saturated rings. The molecule has 1 atom stereocenters. The first-order valence-corrected chi connectivity index (χ1v) is 5.37. The van der Waals surface area contributed by atoms with Crippen LogP contribution in [0.3, 0.4) is 0 Å². The molecular formula is C10H14N2O4. The fourth-order valence-electron chi connectivity index (χ4n) is 1.68. The Balaban J connectivity index is 1.93. The van der Waals surface area contributed by atoms with E-state index in [1.54, 1.807) is 0 Å². The third-order valence-electron chi connectivity index (χ3n) is 2.54. The minimum Gasteiger partial charge on any atom is -0.481 e. The second-order valence-electron chi connectivity index (χ2n) is 3.84. The number of hydrogen-bond donors (Lipinski definition) is 1. The van der Waals surface area contributed by atoms with Crippen molar-refractivity contribution in [1.82, 2.24) is 10.2 Å². The molecule has 88 valence electrons. The van der Waals surface area contributed by atoms with Crippen molar-refractivity contribution in [2.45, 2.75) is 31.6 Å². The number of aliphatic carboxylic acids is 1. The van der Waals surface area contributed by atoms with Gasteiger partial charge in [-0.25, -0.2) is 0 Å². The van der Waals surface area contributed by atoms with E-state index in [0.717, 1.165) is 19.4 Å². The minimum absolute atomic E-state index is 0.0167.